The third-order valence-electron chi connectivity index (χ3n) is 2.97. The lowest BCUT2D eigenvalue weighted by molar-refractivity contribution is 0.0973. The highest BCUT2D eigenvalue weighted by molar-refractivity contribution is 7.80. The normalized spacial score (nSPS) is 10.3. The molecule has 1 amide bonds. The summed E-state index contributed by atoms with van der Waals surface area (Å²) < 4.78 is 5.59. The summed E-state index contributed by atoms with van der Waals surface area (Å²) >= 11 is 5.22. The fourth-order valence-corrected chi connectivity index (χ4v) is 2.08. The van der Waals surface area contributed by atoms with Crippen LogP contribution in [0.1, 0.15) is 38.1 Å². The summed E-state index contributed by atoms with van der Waals surface area (Å²) in [5.74, 6) is 1.05. The van der Waals surface area contributed by atoms with Crippen molar-refractivity contribution >= 4 is 23.2 Å². The number of carbonyl (C=O) groups excluding carboxylic acids is 1. The first-order chi connectivity index (χ1) is 9.97. The van der Waals surface area contributed by atoms with Gasteiger partial charge in [0, 0.05) is 18.7 Å². The monoisotopic (exact) mass is 308 g/mol. The summed E-state index contributed by atoms with van der Waals surface area (Å²) in [6, 6.07) is 7.10. The molecule has 0 saturated carbocycles. The number of ether oxygens (including phenoxy) is 1. The van der Waals surface area contributed by atoms with E-state index < -0.39 is 0 Å². The summed E-state index contributed by atoms with van der Waals surface area (Å²) in [5.41, 5.74) is 0.571. The van der Waals surface area contributed by atoms with Gasteiger partial charge in [0.25, 0.3) is 5.91 Å². The minimum absolute atomic E-state index is 0.192. The molecule has 0 atom stereocenters. The highest BCUT2D eigenvalue weighted by atomic mass is 32.1. The van der Waals surface area contributed by atoms with E-state index in [9.17, 15) is 4.79 Å². The molecule has 0 aliphatic heterocycles. The van der Waals surface area contributed by atoms with Crippen LogP contribution in [0.2, 0.25) is 0 Å². The number of nitrogens with zero attached hydrogens (tertiary/aromatic N) is 1. The van der Waals surface area contributed by atoms with Gasteiger partial charge in [0.15, 0.2) is 5.11 Å². The standard InChI is InChI=1S/C16H24N2O2S/c1-5-18(6-2)16(21)17-15(19)13-7-9-14(10-8-13)20-11-12(3)4/h7-10,12H,5-6,11H2,1-4H3,(H,17,19,21). The van der Waals surface area contributed by atoms with Crippen molar-refractivity contribution in [2.24, 2.45) is 5.92 Å². The van der Waals surface area contributed by atoms with Crippen molar-refractivity contribution in [1.82, 2.24) is 10.2 Å². The molecule has 5 heteroatoms. The molecule has 0 fully saturated rings. The van der Waals surface area contributed by atoms with Crippen molar-refractivity contribution in [3.8, 4) is 5.75 Å². The molecular formula is C16H24N2O2S. The van der Waals surface area contributed by atoms with Gasteiger partial charge in [0.2, 0.25) is 0 Å². The number of rotatable bonds is 6. The number of hydrogen-bond acceptors (Lipinski definition) is 3. The molecule has 0 aliphatic rings. The highest BCUT2D eigenvalue weighted by Gasteiger charge is 2.11. The Labute approximate surface area is 132 Å². The Bertz CT molecular complexity index is 468. The van der Waals surface area contributed by atoms with Crippen LogP contribution in [0.25, 0.3) is 0 Å². The van der Waals surface area contributed by atoms with Gasteiger partial charge in [-0.3, -0.25) is 10.1 Å². The predicted molar refractivity (Wildman–Crippen MR) is 89.8 cm³/mol. The largest absolute Gasteiger partial charge is 0.493 e. The van der Waals surface area contributed by atoms with E-state index in [-0.39, 0.29) is 5.91 Å². The minimum atomic E-state index is -0.192. The Morgan fingerprint density at radius 2 is 1.81 bits per heavy atom. The number of thiocarbonyl (C=S) groups is 1. The Morgan fingerprint density at radius 3 is 2.29 bits per heavy atom. The van der Waals surface area contributed by atoms with Crippen LogP contribution in [-0.2, 0) is 0 Å². The second-order valence-corrected chi connectivity index (χ2v) is 5.55. The van der Waals surface area contributed by atoms with Gasteiger partial charge in [0.05, 0.1) is 6.61 Å². The Hall–Kier alpha value is -1.62. The molecule has 21 heavy (non-hydrogen) atoms. The Morgan fingerprint density at radius 1 is 1.24 bits per heavy atom. The maximum absolute atomic E-state index is 12.1. The molecule has 1 rings (SSSR count). The van der Waals surface area contributed by atoms with E-state index in [0.29, 0.717) is 23.2 Å². The molecule has 4 nitrogen and oxygen atoms in total. The molecule has 0 aromatic heterocycles. The van der Waals surface area contributed by atoms with Crippen molar-refractivity contribution in [3.05, 3.63) is 29.8 Å². The third-order valence-corrected chi connectivity index (χ3v) is 3.33. The van der Waals surface area contributed by atoms with Crippen LogP contribution in [-0.4, -0.2) is 35.6 Å². The molecule has 0 aliphatic carbocycles. The van der Waals surface area contributed by atoms with Crippen LogP contribution in [0.5, 0.6) is 5.75 Å². The molecule has 1 aromatic rings. The van der Waals surface area contributed by atoms with Gasteiger partial charge in [-0.15, -0.1) is 0 Å². The minimum Gasteiger partial charge on any atom is -0.493 e. The van der Waals surface area contributed by atoms with Crippen molar-refractivity contribution in [3.63, 3.8) is 0 Å². The molecule has 0 radical (unpaired) electrons. The molecule has 0 spiro atoms. The van der Waals surface area contributed by atoms with Crippen molar-refractivity contribution in [2.75, 3.05) is 19.7 Å². The molecule has 0 saturated heterocycles. The molecular weight excluding hydrogens is 284 g/mol. The SMILES string of the molecule is CCN(CC)C(=S)NC(=O)c1ccc(OCC(C)C)cc1. The van der Waals surface area contributed by atoms with Gasteiger partial charge in [-0.1, -0.05) is 13.8 Å². The van der Waals surface area contributed by atoms with E-state index in [2.05, 4.69) is 19.2 Å². The van der Waals surface area contributed by atoms with Crippen LogP contribution in [0.3, 0.4) is 0 Å². The molecule has 1 aromatic carbocycles. The summed E-state index contributed by atoms with van der Waals surface area (Å²) in [6.07, 6.45) is 0. The average molecular weight is 308 g/mol. The molecule has 116 valence electrons. The van der Waals surface area contributed by atoms with E-state index in [1.807, 2.05) is 18.7 Å². The zero-order chi connectivity index (χ0) is 15.8. The second kappa shape index (κ2) is 8.62. The molecule has 0 heterocycles. The van der Waals surface area contributed by atoms with Gasteiger partial charge >= 0.3 is 0 Å². The number of amides is 1. The number of hydrogen-bond donors (Lipinski definition) is 1. The fraction of sp³-hybridized carbons (Fsp3) is 0.500. The van der Waals surface area contributed by atoms with E-state index >= 15 is 0 Å². The van der Waals surface area contributed by atoms with Crippen LogP contribution in [0.4, 0.5) is 0 Å². The van der Waals surface area contributed by atoms with Crippen LogP contribution < -0.4 is 10.1 Å². The van der Waals surface area contributed by atoms with Gasteiger partial charge in [-0.2, -0.15) is 0 Å². The predicted octanol–water partition coefficient (Wildman–Crippen LogP) is 3.08. The average Bonchev–Trinajstić information content (AvgIpc) is 2.46. The van der Waals surface area contributed by atoms with Gasteiger partial charge in [-0.05, 0) is 56.2 Å². The highest BCUT2D eigenvalue weighted by Crippen LogP contribution is 2.13. The first kappa shape index (κ1) is 17.4. The smallest absolute Gasteiger partial charge is 0.257 e. The lowest BCUT2D eigenvalue weighted by Gasteiger charge is -2.21. The van der Waals surface area contributed by atoms with Crippen molar-refractivity contribution < 1.29 is 9.53 Å². The number of nitrogens with one attached hydrogen (secondary N) is 1. The zero-order valence-corrected chi connectivity index (χ0v) is 14.0. The van der Waals surface area contributed by atoms with E-state index in [4.69, 9.17) is 17.0 Å². The summed E-state index contributed by atoms with van der Waals surface area (Å²) in [5, 5.41) is 3.21. The topological polar surface area (TPSA) is 41.6 Å². The Balaban J connectivity index is 2.61. The summed E-state index contributed by atoms with van der Waals surface area (Å²) in [7, 11) is 0. The third kappa shape index (κ3) is 5.71. The summed E-state index contributed by atoms with van der Waals surface area (Å²) in [4.78, 5) is 14.0. The first-order valence-electron chi connectivity index (χ1n) is 7.31. The second-order valence-electron chi connectivity index (χ2n) is 5.16. The molecule has 0 unspecified atom stereocenters. The molecule has 0 bridgehead atoms. The number of benzene rings is 1. The van der Waals surface area contributed by atoms with Crippen LogP contribution in [0, 0.1) is 5.92 Å². The maximum Gasteiger partial charge on any atom is 0.257 e. The van der Waals surface area contributed by atoms with Crippen LogP contribution in [0.15, 0.2) is 24.3 Å². The van der Waals surface area contributed by atoms with E-state index in [0.717, 1.165) is 18.8 Å². The van der Waals surface area contributed by atoms with Crippen LogP contribution >= 0.6 is 12.2 Å². The van der Waals surface area contributed by atoms with E-state index in [1.165, 1.54) is 0 Å². The summed E-state index contributed by atoms with van der Waals surface area (Å²) in [6.45, 7) is 10.4. The maximum atomic E-state index is 12.1. The molecule has 1 N–H and O–H groups in total. The van der Waals surface area contributed by atoms with E-state index in [1.54, 1.807) is 24.3 Å². The first-order valence-corrected chi connectivity index (χ1v) is 7.71. The quantitative estimate of drug-likeness (QED) is 0.820. The van der Waals surface area contributed by atoms with Crippen molar-refractivity contribution in [2.45, 2.75) is 27.7 Å². The van der Waals surface area contributed by atoms with Gasteiger partial charge < -0.3 is 9.64 Å². The lowest BCUT2D eigenvalue weighted by atomic mass is 10.2. The zero-order valence-electron chi connectivity index (χ0n) is 13.2. The fourth-order valence-electron chi connectivity index (χ4n) is 1.72. The Kier molecular flexibility index (Phi) is 7.15. The lowest BCUT2D eigenvalue weighted by Crippen LogP contribution is -2.42. The number of carbonyl (C=O) groups is 1. The van der Waals surface area contributed by atoms with Crippen molar-refractivity contribution in [1.29, 1.82) is 0 Å². The van der Waals surface area contributed by atoms with Gasteiger partial charge in [0.1, 0.15) is 5.75 Å². The van der Waals surface area contributed by atoms with Gasteiger partial charge in [-0.25, -0.2) is 0 Å².